The van der Waals surface area contributed by atoms with Gasteiger partial charge in [0.05, 0.1) is 0 Å². The average Bonchev–Trinajstić information content (AvgIpc) is 2.64. The number of anilines is 2. The van der Waals surface area contributed by atoms with Crippen LogP contribution in [0, 0.1) is 0 Å². The lowest BCUT2D eigenvalue weighted by atomic mass is 10.1. The maximum atomic E-state index is 5.96. The highest BCUT2D eigenvalue weighted by molar-refractivity contribution is 6.29. The lowest BCUT2D eigenvalue weighted by Crippen LogP contribution is -2.24. The van der Waals surface area contributed by atoms with E-state index in [0.717, 1.165) is 12.2 Å². The van der Waals surface area contributed by atoms with Gasteiger partial charge in [0.2, 0.25) is 0 Å². The molecule has 17 heavy (non-hydrogen) atoms. The Morgan fingerprint density at radius 1 is 1.18 bits per heavy atom. The second-order valence-corrected chi connectivity index (χ2v) is 4.76. The highest BCUT2D eigenvalue weighted by atomic mass is 35.5. The summed E-state index contributed by atoms with van der Waals surface area (Å²) in [6.45, 7) is 2.21. The van der Waals surface area contributed by atoms with Gasteiger partial charge in [0.25, 0.3) is 0 Å². The second-order valence-electron chi connectivity index (χ2n) is 4.37. The summed E-state index contributed by atoms with van der Waals surface area (Å²) < 4.78 is 0. The van der Waals surface area contributed by atoms with E-state index in [0.29, 0.717) is 11.2 Å². The van der Waals surface area contributed by atoms with Crippen LogP contribution in [0.3, 0.4) is 0 Å². The fourth-order valence-corrected chi connectivity index (χ4v) is 2.61. The first kappa shape index (κ1) is 10.6. The molecular formula is C14H13ClN2. The number of fused-ring (bicyclic) bond motifs is 1. The van der Waals surface area contributed by atoms with Crippen molar-refractivity contribution in [3.8, 4) is 0 Å². The minimum Gasteiger partial charge on any atom is -0.323 e. The van der Waals surface area contributed by atoms with Crippen LogP contribution in [0.25, 0.3) is 0 Å². The summed E-state index contributed by atoms with van der Waals surface area (Å²) >= 11 is 5.96. The van der Waals surface area contributed by atoms with Crippen molar-refractivity contribution in [2.24, 2.45) is 0 Å². The Hall–Kier alpha value is -1.54. The maximum Gasteiger partial charge on any atom is 0.134 e. The van der Waals surface area contributed by atoms with E-state index in [-0.39, 0.29) is 0 Å². The Bertz CT molecular complexity index is 553. The highest BCUT2D eigenvalue weighted by Gasteiger charge is 2.27. The van der Waals surface area contributed by atoms with Crippen molar-refractivity contribution >= 4 is 23.1 Å². The number of hydrogen-bond acceptors (Lipinski definition) is 2. The number of hydrogen-bond donors (Lipinski definition) is 0. The van der Waals surface area contributed by atoms with Crippen molar-refractivity contribution in [3.05, 3.63) is 53.2 Å². The van der Waals surface area contributed by atoms with E-state index in [1.165, 1.54) is 11.3 Å². The minimum atomic E-state index is 0.429. The summed E-state index contributed by atoms with van der Waals surface area (Å²) in [5.74, 6) is 0.926. The van der Waals surface area contributed by atoms with Gasteiger partial charge in [-0.25, -0.2) is 4.98 Å². The lowest BCUT2D eigenvalue weighted by molar-refractivity contribution is 0.750. The molecule has 0 saturated carbocycles. The van der Waals surface area contributed by atoms with E-state index in [1.54, 1.807) is 6.07 Å². The Balaban J connectivity index is 2.09. The van der Waals surface area contributed by atoms with Crippen molar-refractivity contribution in [2.75, 3.05) is 4.90 Å². The second kappa shape index (κ2) is 4.04. The molecule has 0 fully saturated rings. The molecule has 3 rings (SSSR count). The van der Waals surface area contributed by atoms with Gasteiger partial charge >= 0.3 is 0 Å². The van der Waals surface area contributed by atoms with Gasteiger partial charge in [-0.1, -0.05) is 35.9 Å². The van der Waals surface area contributed by atoms with Crippen LogP contribution in [0.2, 0.25) is 5.15 Å². The molecule has 0 spiro atoms. The van der Waals surface area contributed by atoms with Crippen LogP contribution in [0.1, 0.15) is 12.5 Å². The lowest BCUT2D eigenvalue weighted by Gasteiger charge is -2.23. The molecule has 0 radical (unpaired) electrons. The first-order valence-electron chi connectivity index (χ1n) is 5.75. The molecule has 2 nitrogen and oxygen atoms in total. The largest absolute Gasteiger partial charge is 0.323 e. The Kier molecular flexibility index (Phi) is 2.52. The molecule has 1 aromatic carbocycles. The molecule has 1 aliphatic rings. The monoisotopic (exact) mass is 244 g/mol. The van der Waals surface area contributed by atoms with Gasteiger partial charge in [-0.3, -0.25) is 0 Å². The fourth-order valence-electron chi connectivity index (χ4n) is 2.45. The molecule has 1 aromatic heterocycles. The van der Waals surface area contributed by atoms with E-state index in [9.17, 15) is 0 Å². The summed E-state index contributed by atoms with van der Waals surface area (Å²) in [5, 5.41) is 0.541. The number of rotatable bonds is 1. The average molecular weight is 245 g/mol. The Morgan fingerprint density at radius 2 is 2.00 bits per heavy atom. The molecule has 2 heterocycles. The third-order valence-electron chi connectivity index (χ3n) is 3.15. The normalized spacial score (nSPS) is 18.2. The van der Waals surface area contributed by atoms with Crippen LogP contribution in [-0.4, -0.2) is 11.0 Å². The summed E-state index contributed by atoms with van der Waals surface area (Å²) in [7, 11) is 0. The zero-order chi connectivity index (χ0) is 11.8. The smallest absolute Gasteiger partial charge is 0.134 e. The number of nitrogens with zero attached hydrogens (tertiary/aromatic N) is 2. The van der Waals surface area contributed by atoms with Gasteiger partial charge in [-0.2, -0.15) is 0 Å². The van der Waals surface area contributed by atoms with Crippen molar-refractivity contribution in [1.29, 1.82) is 0 Å². The number of para-hydroxylation sites is 1. The molecule has 1 atom stereocenters. The van der Waals surface area contributed by atoms with Crippen LogP contribution in [0.5, 0.6) is 0 Å². The molecule has 0 bridgehead atoms. The van der Waals surface area contributed by atoms with E-state index < -0.39 is 0 Å². The van der Waals surface area contributed by atoms with Crippen molar-refractivity contribution in [3.63, 3.8) is 0 Å². The molecule has 0 N–H and O–H groups in total. The number of aromatic nitrogens is 1. The topological polar surface area (TPSA) is 16.1 Å². The number of halogens is 1. The third kappa shape index (κ3) is 1.79. The molecule has 3 heteroatoms. The molecule has 1 aliphatic heterocycles. The van der Waals surface area contributed by atoms with Crippen LogP contribution in [0.4, 0.5) is 11.5 Å². The predicted octanol–water partition coefficient (Wildman–Crippen LogP) is 3.82. The molecule has 0 saturated heterocycles. The number of pyridine rings is 1. The van der Waals surface area contributed by atoms with Gasteiger partial charge in [-0.05, 0) is 37.1 Å². The van der Waals surface area contributed by atoms with Gasteiger partial charge in [-0.15, -0.1) is 0 Å². The van der Waals surface area contributed by atoms with Crippen molar-refractivity contribution in [1.82, 2.24) is 4.98 Å². The molecule has 86 valence electrons. The summed E-state index contributed by atoms with van der Waals surface area (Å²) in [6, 6.07) is 14.6. The number of benzene rings is 1. The van der Waals surface area contributed by atoms with Crippen molar-refractivity contribution < 1.29 is 0 Å². The van der Waals surface area contributed by atoms with E-state index in [4.69, 9.17) is 11.6 Å². The zero-order valence-corrected chi connectivity index (χ0v) is 10.4. The third-order valence-corrected chi connectivity index (χ3v) is 3.36. The summed E-state index contributed by atoms with van der Waals surface area (Å²) in [5.41, 5.74) is 2.62. The summed E-state index contributed by atoms with van der Waals surface area (Å²) in [4.78, 5) is 6.65. The Labute approximate surface area is 106 Å². The molecule has 0 aliphatic carbocycles. The molecule has 1 unspecified atom stereocenters. The molecule has 0 amide bonds. The van der Waals surface area contributed by atoms with Crippen LogP contribution in [0.15, 0.2) is 42.5 Å². The Morgan fingerprint density at radius 3 is 2.82 bits per heavy atom. The minimum absolute atomic E-state index is 0.429. The molecular weight excluding hydrogens is 232 g/mol. The van der Waals surface area contributed by atoms with Gasteiger partial charge in [0.1, 0.15) is 11.0 Å². The summed E-state index contributed by atoms with van der Waals surface area (Å²) in [6.07, 6.45) is 1.06. The first-order valence-corrected chi connectivity index (χ1v) is 6.13. The standard InChI is InChI=1S/C14H13ClN2/c1-10-9-11-5-2-3-6-12(11)17(10)14-8-4-7-13(15)16-14/h2-8,10H,9H2,1H3. The van der Waals surface area contributed by atoms with E-state index in [2.05, 4.69) is 41.1 Å². The van der Waals surface area contributed by atoms with Crippen LogP contribution >= 0.6 is 11.6 Å². The quantitative estimate of drug-likeness (QED) is 0.709. The fraction of sp³-hybridized carbons (Fsp3) is 0.214. The van der Waals surface area contributed by atoms with E-state index in [1.807, 2.05) is 12.1 Å². The SMILES string of the molecule is CC1Cc2ccccc2N1c1cccc(Cl)n1. The zero-order valence-electron chi connectivity index (χ0n) is 9.60. The van der Waals surface area contributed by atoms with Crippen molar-refractivity contribution in [2.45, 2.75) is 19.4 Å². The molecule has 2 aromatic rings. The van der Waals surface area contributed by atoms with Gasteiger partial charge < -0.3 is 4.90 Å². The van der Waals surface area contributed by atoms with E-state index >= 15 is 0 Å². The van der Waals surface area contributed by atoms with Crippen LogP contribution in [-0.2, 0) is 6.42 Å². The first-order chi connectivity index (χ1) is 8.25. The highest BCUT2D eigenvalue weighted by Crippen LogP contribution is 2.37. The maximum absolute atomic E-state index is 5.96. The van der Waals surface area contributed by atoms with Gasteiger partial charge in [0, 0.05) is 11.7 Å². The predicted molar refractivity (Wildman–Crippen MR) is 71.0 cm³/mol. The van der Waals surface area contributed by atoms with Crippen LogP contribution < -0.4 is 4.90 Å². The van der Waals surface area contributed by atoms with Gasteiger partial charge in [0.15, 0.2) is 0 Å².